The van der Waals surface area contributed by atoms with Crippen LogP contribution in [0.4, 0.5) is 0 Å². The molecule has 0 spiro atoms. The van der Waals surface area contributed by atoms with E-state index in [1.165, 1.54) is 11.8 Å². The van der Waals surface area contributed by atoms with Crippen molar-refractivity contribution in [2.45, 2.75) is 30.9 Å². The molecule has 4 nitrogen and oxygen atoms in total. The standard InChI is InChI=1S/C16H17NO3S/c1-10-8-13(9-18)11(2)17(10)14-6-4-5-7-15(14)21-12(3)16(19)20/h4-9,12H,1-3H3,(H,19,20). The van der Waals surface area contributed by atoms with Crippen molar-refractivity contribution in [1.29, 1.82) is 0 Å². The summed E-state index contributed by atoms with van der Waals surface area (Å²) < 4.78 is 1.99. The van der Waals surface area contributed by atoms with Crippen LogP contribution in [0.3, 0.4) is 0 Å². The number of thioether (sulfide) groups is 1. The number of carboxylic acid groups (broad SMARTS) is 1. The highest BCUT2D eigenvalue weighted by molar-refractivity contribution is 8.00. The minimum Gasteiger partial charge on any atom is -0.480 e. The van der Waals surface area contributed by atoms with Gasteiger partial charge in [0.1, 0.15) is 5.25 Å². The molecule has 0 aliphatic carbocycles. The van der Waals surface area contributed by atoms with Gasteiger partial charge in [-0.05, 0) is 39.0 Å². The normalized spacial score (nSPS) is 12.1. The molecule has 1 unspecified atom stereocenters. The van der Waals surface area contributed by atoms with E-state index in [0.29, 0.717) is 5.56 Å². The summed E-state index contributed by atoms with van der Waals surface area (Å²) >= 11 is 1.30. The maximum atomic E-state index is 11.1. The fraction of sp³-hybridized carbons (Fsp3) is 0.250. The van der Waals surface area contributed by atoms with E-state index in [2.05, 4.69) is 0 Å². The van der Waals surface area contributed by atoms with Crippen molar-refractivity contribution in [1.82, 2.24) is 4.57 Å². The van der Waals surface area contributed by atoms with Crippen molar-refractivity contribution >= 4 is 24.0 Å². The first-order valence-corrected chi connectivity index (χ1v) is 7.46. The predicted octanol–water partition coefficient (Wildman–Crippen LogP) is 3.47. The SMILES string of the molecule is Cc1cc(C=O)c(C)n1-c1ccccc1SC(C)C(=O)O. The number of para-hydroxylation sites is 1. The second kappa shape index (κ2) is 6.18. The van der Waals surface area contributed by atoms with Crippen LogP contribution >= 0.6 is 11.8 Å². The predicted molar refractivity (Wildman–Crippen MR) is 83.6 cm³/mol. The molecular formula is C16H17NO3S. The Hall–Kier alpha value is -2.01. The third-order valence-electron chi connectivity index (χ3n) is 3.35. The van der Waals surface area contributed by atoms with Crippen LogP contribution in [0.2, 0.25) is 0 Å². The molecule has 5 heteroatoms. The second-order valence-corrected chi connectivity index (χ2v) is 6.23. The summed E-state index contributed by atoms with van der Waals surface area (Å²) in [4.78, 5) is 23.0. The van der Waals surface area contributed by atoms with Crippen LogP contribution in [-0.4, -0.2) is 27.2 Å². The molecule has 0 bridgehead atoms. The van der Waals surface area contributed by atoms with Gasteiger partial charge in [-0.15, -0.1) is 11.8 Å². The average Bonchev–Trinajstić information content (AvgIpc) is 2.74. The van der Waals surface area contributed by atoms with Crippen LogP contribution in [0.1, 0.15) is 28.7 Å². The summed E-state index contributed by atoms with van der Waals surface area (Å²) in [7, 11) is 0. The number of hydrogen-bond acceptors (Lipinski definition) is 3. The largest absolute Gasteiger partial charge is 0.480 e. The first-order valence-electron chi connectivity index (χ1n) is 6.58. The highest BCUT2D eigenvalue weighted by Crippen LogP contribution is 2.32. The number of aryl methyl sites for hydroxylation is 1. The lowest BCUT2D eigenvalue weighted by Gasteiger charge is -2.15. The van der Waals surface area contributed by atoms with Crippen molar-refractivity contribution < 1.29 is 14.7 Å². The van der Waals surface area contributed by atoms with Crippen LogP contribution in [0.5, 0.6) is 0 Å². The zero-order chi connectivity index (χ0) is 15.6. The number of carbonyl (C=O) groups excluding carboxylic acids is 1. The smallest absolute Gasteiger partial charge is 0.316 e. The van der Waals surface area contributed by atoms with Gasteiger partial charge in [0, 0.05) is 21.8 Å². The van der Waals surface area contributed by atoms with Gasteiger partial charge in [0.2, 0.25) is 0 Å². The molecule has 2 rings (SSSR count). The molecule has 0 fully saturated rings. The Kier molecular flexibility index (Phi) is 4.53. The van der Waals surface area contributed by atoms with Gasteiger partial charge in [-0.3, -0.25) is 9.59 Å². The highest BCUT2D eigenvalue weighted by Gasteiger charge is 2.17. The van der Waals surface area contributed by atoms with E-state index < -0.39 is 11.2 Å². The van der Waals surface area contributed by atoms with Crippen molar-refractivity contribution in [3.63, 3.8) is 0 Å². The number of carbonyl (C=O) groups is 2. The summed E-state index contributed by atoms with van der Waals surface area (Å²) in [6.07, 6.45) is 0.842. The molecule has 0 aliphatic rings. The number of carboxylic acids is 1. The molecule has 1 atom stereocenters. The van der Waals surface area contributed by atoms with Crippen molar-refractivity contribution in [3.05, 3.63) is 47.3 Å². The molecule has 0 radical (unpaired) electrons. The lowest BCUT2D eigenvalue weighted by molar-refractivity contribution is -0.136. The average molecular weight is 303 g/mol. The number of rotatable bonds is 5. The topological polar surface area (TPSA) is 59.3 Å². The summed E-state index contributed by atoms with van der Waals surface area (Å²) in [6.45, 7) is 5.48. The third kappa shape index (κ3) is 3.03. The first-order chi connectivity index (χ1) is 9.95. The number of hydrogen-bond donors (Lipinski definition) is 1. The van der Waals surface area contributed by atoms with E-state index in [1.54, 1.807) is 6.92 Å². The van der Waals surface area contributed by atoms with Crippen LogP contribution in [0.25, 0.3) is 5.69 Å². The monoisotopic (exact) mass is 303 g/mol. The van der Waals surface area contributed by atoms with E-state index in [-0.39, 0.29) is 0 Å². The molecule has 1 N–H and O–H groups in total. The highest BCUT2D eigenvalue weighted by atomic mass is 32.2. The molecule has 0 amide bonds. The first kappa shape index (κ1) is 15.4. The van der Waals surface area contributed by atoms with Crippen molar-refractivity contribution in [2.24, 2.45) is 0 Å². The van der Waals surface area contributed by atoms with E-state index in [1.807, 2.05) is 48.7 Å². The van der Waals surface area contributed by atoms with Gasteiger partial charge in [-0.25, -0.2) is 0 Å². The molecule has 0 saturated heterocycles. The van der Waals surface area contributed by atoms with Crippen LogP contribution < -0.4 is 0 Å². The Morgan fingerprint density at radius 3 is 2.57 bits per heavy atom. The molecule has 110 valence electrons. The Morgan fingerprint density at radius 2 is 2.00 bits per heavy atom. The molecule has 1 heterocycles. The molecule has 1 aromatic carbocycles. The maximum absolute atomic E-state index is 11.1. The molecule has 2 aromatic rings. The number of nitrogens with zero attached hydrogens (tertiary/aromatic N) is 1. The number of aromatic nitrogens is 1. The molecule has 0 saturated carbocycles. The van der Waals surface area contributed by atoms with E-state index in [0.717, 1.165) is 28.3 Å². The molecular weight excluding hydrogens is 286 g/mol. The van der Waals surface area contributed by atoms with Gasteiger partial charge in [-0.1, -0.05) is 12.1 Å². The van der Waals surface area contributed by atoms with Gasteiger partial charge in [0.25, 0.3) is 0 Å². The summed E-state index contributed by atoms with van der Waals surface area (Å²) in [5.41, 5.74) is 3.36. The summed E-state index contributed by atoms with van der Waals surface area (Å²) in [5.74, 6) is -0.843. The van der Waals surface area contributed by atoms with Crippen molar-refractivity contribution in [2.75, 3.05) is 0 Å². The number of aldehydes is 1. The summed E-state index contributed by atoms with van der Waals surface area (Å²) in [6, 6.07) is 9.47. The molecule has 1 aromatic heterocycles. The van der Waals surface area contributed by atoms with Crippen LogP contribution in [0, 0.1) is 13.8 Å². The van der Waals surface area contributed by atoms with E-state index >= 15 is 0 Å². The minimum atomic E-state index is -0.843. The lowest BCUT2D eigenvalue weighted by atomic mass is 10.2. The number of aliphatic carboxylic acids is 1. The minimum absolute atomic E-state index is 0.534. The van der Waals surface area contributed by atoms with Gasteiger partial charge in [0.15, 0.2) is 6.29 Å². The second-order valence-electron chi connectivity index (χ2n) is 4.85. The molecule has 21 heavy (non-hydrogen) atoms. The zero-order valence-corrected chi connectivity index (χ0v) is 13.0. The zero-order valence-electron chi connectivity index (χ0n) is 12.2. The van der Waals surface area contributed by atoms with Crippen LogP contribution in [-0.2, 0) is 4.79 Å². The number of benzene rings is 1. The van der Waals surface area contributed by atoms with Gasteiger partial charge >= 0.3 is 5.97 Å². The fourth-order valence-electron chi connectivity index (χ4n) is 2.26. The van der Waals surface area contributed by atoms with E-state index in [4.69, 9.17) is 5.11 Å². The third-order valence-corrected chi connectivity index (χ3v) is 4.51. The van der Waals surface area contributed by atoms with Crippen LogP contribution in [0.15, 0.2) is 35.2 Å². The molecule has 0 aliphatic heterocycles. The van der Waals surface area contributed by atoms with Gasteiger partial charge in [-0.2, -0.15) is 0 Å². The Bertz CT molecular complexity index is 691. The van der Waals surface area contributed by atoms with E-state index in [9.17, 15) is 9.59 Å². The quantitative estimate of drug-likeness (QED) is 0.678. The maximum Gasteiger partial charge on any atom is 0.316 e. The van der Waals surface area contributed by atoms with Gasteiger partial charge in [0.05, 0.1) is 5.69 Å². The lowest BCUT2D eigenvalue weighted by Crippen LogP contribution is -2.12. The van der Waals surface area contributed by atoms with Gasteiger partial charge < -0.3 is 9.67 Å². The Balaban J connectivity index is 2.53. The van der Waals surface area contributed by atoms with Crippen molar-refractivity contribution in [3.8, 4) is 5.69 Å². The Labute approximate surface area is 127 Å². The Morgan fingerprint density at radius 1 is 1.33 bits per heavy atom. The fourth-order valence-corrected chi connectivity index (χ4v) is 3.18. The summed E-state index contributed by atoms with van der Waals surface area (Å²) in [5, 5.41) is 8.55.